The Morgan fingerprint density at radius 2 is 1.82 bits per heavy atom. The molecule has 3 rings (SSSR count). The number of hydrogen-bond acceptors (Lipinski definition) is 8. The minimum Gasteiger partial charge on any atom is -0.490 e. The van der Waals surface area contributed by atoms with Gasteiger partial charge in [0.05, 0.1) is 25.0 Å². The Bertz CT molecular complexity index is 826. The number of nitrogen functional groups attached to an aromatic ring is 2. The number of carbonyl (C=O) groups excluding carboxylic acids is 1. The van der Waals surface area contributed by atoms with Crippen LogP contribution in [0.25, 0.3) is 0 Å². The van der Waals surface area contributed by atoms with Crippen LogP contribution in [0.1, 0.15) is 31.9 Å². The highest BCUT2D eigenvalue weighted by molar-refractivity contribution is 7.99. The van der Waals surface area contributed by atoms with Crippen molar-refractivity contribution in [2.75, 3.05) is 30.4 Å². The predicted octanol–water partition coefficient (Wildman–Crippen LogP) is 2.41. The number of rotatable bonds is 6. The number of nitrogens with one attached hydrogen (secondary N) is 1. The minimum atomic E-state index is -0.155. The minimum absolute atomic E-state index is 0.125. The Morgan fingerprint density at radius 3 is 2.50 bits per heavy atom. The molecule has 1 aromatic carbocycles. The SMILES string of the molecule is CC(C)[C@@H](NC(=O)CSc1nc(N)cc(N)n1)c1ccc2c(c1)OCCCO2. The number of thioether (sulfide) groups is 1. The quantitative estimate of drug-likeness (QED) is 0.496. The topological polar surface area (TPSA) is 125 Å². The summed E-state index contributed by atoms with van der Waals surface area (Å²) in [6.07, 6.45) is 0.849. The van der Waals surface area contributed by atoms with Gasteiger partial charge in [0.1, 0.15) is 11.6 Å². The zero-order valence-corrected chi connectivity index (χ0v) is 16.8. The van der Waals surface area contributed by atoms with Crippen LogP contribution in [0.2, 0.25) is 0 Å². The van der Waals surface area contributed by atoms with Crippen LogP contribution in [-0.2, 0) is 4.79 Å². The summed E-state index contributed by atoms with van der Waals surface area (Å²) >= 11 is 1.19. The number of ether oxygens (including phenoxy) is 2. The Kier molecular flexibility index (Phi) is 6.45. The van der Waals surface area contributed by atoms with Gasteiger partial charge >= 0.3 is 0 Å². The molecule has 0 bridgehead atoms. The summed E-state index contributed by atoms with van der Waals surface area (Å²) in [7, 11) is 0. The average molecular weight is 404 g/mol. The van der Waals surface area contributed by atoms with Crippen molar-refractivity contribution in [3.05, 3.63) is 29.8 Å². The highest BCUT2D eigenvalue weighted by atomic mass is 32.2. The molecule has 1 aliphatic rings. The van der Waals surface area contributed by atoms with Gasteiger partial charge in [-0.15, -0.1) is 0 Å². The molecule has 0 saturated carbocycles. The van der Waals surface area contributed by atoms with Crippen LogP contribution in [-0.4, -0.2) is 34.8 Å². The van der Waals surface area contributed by atoms with Gasteiger partial charge in [-0.05, 0) is 23.6 Å². The second-order valence-electron chi connectivity index (χ2n) is 6.83. The average Bonchev–Trinajstić information content (AvgIpc) is 2.88. The highest BCUT2D eigenvalue weighted by Crippen LogP contribution is 2.34. The van der Waals surface area contributed by atoms with Crippen molar-refractivity contribution in [1.29, 1.82) is 0 Å². The molecule has 1 aliphatic heterocycles. The van der Waals surface area contributed by atoms with E-state index in [-0.39, 0.29) is 35.3 Å². The van der Waals surface area contributed by atoms with E-state index in [0.717, 1.165) is 17.7 Å². The number of nitrogens with zero attached hydrogens (tertiary/aromatic N) is 2. The maximum atomic E-state index is 12.5. The summed E-state index contributed by atoms with van der Waals surface area (Å²) in [5.41, 5.74) is 12.3. The van der Waals surface area contributed by atoms with Crippen molar-refractivity contribution in [2.45, 2.75) is 31.5 Å². The first-order valence-corrected chi connectivity index (χ1v) is 10.1. The second-order valence-corrected chi connectivity index (χ2v) is 7.78. The van der Waals surface area contributed by atoms with Gasteiger partial charge in [0.2, 0.25) is 5.91 Å². The molecule has 0 radical (unpaired) electrons. The third-order valence-electron chi connectivity index (χ3n) is 4.19. The van der Waals surface area contributed by atoms with Crippen LogP contribution in [0, 0.1) is 5.92 Å². The van der Waals surface area contributed by atoms with Crippen LogP contribution in [0.15, 0.2) is 29.4 Å². The van der Waals surface area contributed by atoms with Crippen LogP contribution < -0.4 is 26.3 Å². The van der Waals surface area contributed by atoms with E-state index in [1.54, 1.807) is 0 Å². The molecule has 1 aromatic heterocycles. The van der Waals surface area contributed by atoms with E-state index in [1.165, 1.54) is 17.8 Å². The summed E-state index contributed by atoms with van der Waals surface area (Å²) in [4.78, 5) is 20.7. The normalized spacial score (nSPS) is 14.4. The first kappa shape index (κ1) is 20.1. The highest BCUT2D eigenvalue weighted by Gasteiger charge is 2.21. The van der Waals surface area contributed by atoms with Crippen molar-refractivity contribution < 1.29 is 14.3 Å². The number of hydrogen-bond donors (Lipinski definition) is 3. The monoisotopic (exact) mass is 403 g/mol. The molecule has 0 unspecified atom stereocenters. The summed E-state index contributed by atoms with van der Waals surface area (Å²) in [5.74, 6) is 2.25. The molecule has 2 aromatic rings. The van der Waals surface area contributed by atoms with E-state index in [1.807, 2.05) is 18.2 Å². The van der Waals surface area contributed by atoms with E-state index in [9.17, 15) is 4.79 Å². The van der Waals surface area contributed by atoms with E-state index >= 15 is 0 Å². The number of aromatic nitrogens is 2. The zero-order chi connectivity index (χ0) is 20.1. The number of anilines is 2. The van der Waals surface area contributed by atoms with Crippen LogP contribution in [0.4, 0.5) is 11.6 Å². The van der Waals surface area contributed by atoms with Gasteiger partial charge in [0, 0.05) is 12.5 Å². The summed E-state index contributed by atoms with van der Waals surface area (Å²) in [6.45, 7) is 5.38. The molecule has 8 nitrogen and oxygen atoms in total. The van der Waals surface area contributed by atoms with E-state index < -0.39 is 0 Å². The van der Waals surface area contributed by atoms with Crippen LogP contribution >= 0.6 is 11.8 Å². The van der Waals surface area contributed by atoms with Crippen LogP contribution in [0.3, 0.4) is 0 Å². The summed E-state index contributed by atoms with van der Waals surface area (Å²) in [5, 5.41) is 3.46. The van der Waals surface area contributed by atoms with Gasteiger partial charge in [0.25, 0.3) is 0 Å². The number of benzene rings is 1. The molecule has 0 aliphatic carbocycles. The Labute approximate surface area is 168 Å². The van der Waals surface area contributed by atoms with Crippen molar-refractivity contribution in [2.24, 2.45) is 5.92 Å². The largest absolute Gasteiger partial charge is 0.490 e. The van der Waals surface area contributed by atoms with Crippen molar-refractivity contribution in [1.82, 2.24) is 15.3 Å². The van der Waals surface area contributed by atoms with Gasteiger partial charge in [-0.3, -0.25) is 4.79 Å². The molecule has 2 heterocycles. The molecule has 150 valence electrons. The molecule has 1 amide bonds. The van der Waals surface area contributed by atoms with Gasteiger partial charge in [-0.25, -0.2) is 9.97 Å². The molecule has 5 N–H and O–H groups in total. The van der Waals surface area contributed by atoms with Gasteiger partial charge in [0.15, 0.2) is 16.7 Å². The Balaban J connectivity index is 1.67. The Morgan fingerprint density at radius 1 is 1.14 bits per heavy atom. The molecule has 9 heteroatoms. The van der Waals surface area contributed by atoms with E-state index in [4.69, 9.17) is 20.9 Å². The third-order valence-corrected chi connectivity index (χ3v) is 5.04. The number of nitrogens with two attached hydrogens (primary N) is 2. The number of carbonyl (C=O) groups is 1. The first-order valence-electron chi connectivity index (χ1n) is 9.14. The van der Waals surface area contributed by atoms with Gasteiger partial charge < -0.3 is 26.3 Å². The predicted molar refractivity (Wildman–Crippen MR) is 109 cm³/mol. The summed E-state index contributed by atoms with van der Waals surface area (Å²) < 4.78 is 11.5. The molecular weight excluding hydrogens is 378 g/mol. The van der Waals surface area contributed by atoms with E-state index in [2.05, 4.69) is 29.1 Å². The lowest BCUT2D eigenvalue weighted by Crippen LogP contribution is -2.33. The second kappa shape index (κ2) is 9.01. The maximum absolute atomic E-state index is 12.5. The van der Waals surface area contributed by atoms with Crippen LogP contribution in [0.5, 0.6) is 11.5 Å². The summed E-state index contributed by atoms with van der Waals surface area (Å²) in [6, 6.07) is 7.13. The van der Waals surface area contributed by atoms with Crippen molar-refractivity contribution in [3.8, 4) is 11.5 Å². The standard InChI is InChI=1S/C19H25N5O3S/c1-11(2)18(12-4-5-13-14(8-12)27-7-3-6-26-13)24-17(25)10-28-19-22-15(20)9-16(21)23-19/h4-5,8-9,11,18H,3,6-7,10H2,1-2H3,(H,24,25)(H4,20,21,22,23)/t18-/m1/s1. The fraction of sp³-hybridized carbons (Fsp3) is 0.421. The van der Waals surface area contributed by atoms with Gasteiger partial charge in [-0.2, -0.15) is 0 Å². The Hall–Kier alpha value is -2.68. The molecule has 0 spiro atoms. The fourth-order valence-corrected chi connectivity index (χ4v) is 3.56. The smallest absolute Gasteiger partial charge is 0.230 e. The third kappa shape index (κ3) is 5.19. The lowest BCUT2D eigenvalue weighted by Gasteiger charge is -2.23. The fourth-order valence-electron chi connectivity index (χ4n) is 2.88. The van der Waals surface area contributed by atoms with Gasteiger partial charge in [-0.1, -0.05) is 31.7 Å². The van der Waals surface area contributed by atoms with E-state index in [0.29, 0.717) is 24.1 Å². The van der Waals surface area contributed by atoms with Crippen molar-refractivity contribution >= 4 is 29.3 Å². The molecule has 28 heavy (non-hydrogen) atoms. The number of amides is 1. The lowest BCUT2D eigenvalue weighted by molar-refractivity contribution is -0.119. The maximum Gasteiger partial charge on any atom is 0.230 e. The van der Waals surface area contributed by atoms with Crippen molar-refractivity contribution in [3.63, 3.8) is 0 Å². The molecule has 0 fully saturated rings. The lowest BCUT2D eigenvalue weighted by atomic mass is 9.95. The zero-order valence-electron chi connectivity index (χ0n) is 16.0. The molecule has 0 saturated heterocycles. The first-order chi connectivity index (χ1) is 13.4. The molecular formula is C19H25N5O3S. The molecule has 1 atom stereocenters. The number of fused-ring (bicyclic) bond motifs is 1.